The second-order valence-electron chi connectivity index (χ2n) is 8.25. The first-order chi connectivity index (χ1) is 17.0. The van der Waals surface area contributed by atoms with E-state index in [0.29, 0.717) is 32.5 Å². The number of para-hydroxylation sites is 1. The lowest BCUT2D eigenvalue weighted by Gasteiger charge is -2.13. The number of aromatic nitrogens is 2. The molecule has 9 heteroatoms. The summed E-state index contributed by atoms with van der Waals surface area (Å²) >= 11 is 8.83. The molecule has 0 atom stereocenters. The van der Waals surface area contributed by atoms with Gasteiger partial charge in [0, 0.05) is 9.90 Å². The van der Waals surface area contributed by atoms with Crippen LogP contribution in [-0.2, 0) is 17.6 Å². The topological polar surface area (TPSA) is 87.8 Å². The first kappa shape index (κ1) is 23.6. The summed E-state index contributed by atoms with van der Waals surface area (Å²) in [6.45, 7) is 0. The van der Waals surface area contributed by atoms with Crippen molar-refractivity contribution in [3.8, 4) is 11.8 Å². The van der Waals surface area contributed by atoms with Gasteiger partial charge in [-0.25, -0.2) is 4.98 Å². The van der Waals surface area contributed by atoms with Crippen molar-refractivity contribution < 1.29 is 4.79 Å². The molecule has 35 heavy (non-hydrogen) atoms. The molecule has 2 aromatic heterocycles. The van der Waals surface area contributed by atoms with Gasteiger partial charge in [0.2, 0.25) is 5.91 Å². The molecule has 6 nitrogen and oxygen atoms in total. The van der Waals surface area contributed by atoms with Crippen molar-refractivity contribution in [2.45, 2.75) is 37.3 Å². The number of halogens is 1. The van der Waals surface area contributed by atoms with Gasteiger partial charge in [0.05, 0.1) is 28.1 Å². The lowest BCUT2D eigenvalue weighted by molar-refractivity contribution is -0.113. The van der Waals surface area contributed by atoms with E-state index in [1.165, 1.54) is 23.1 Å². The third kappa shape index (κ3) is 4.85. The molecular weight excluding hydrogens is 500 g/mol. The molecule has 0 aliphatic heterocycles. The number of carbonyl (C=O) groups excluding carboxylic acids is 1. The summed E-state index contributed by atoms with van der Waals surface area (Å²) in [5, 5.41) is 13.7. The lowest BCUT2D eigenvalue weighted by atomic mass is 10.1. The van der Waals surface area contributed by atoms with Gasteiger partial charge in [-0.2, -0.15) is 5.26 Å². The fourth-order valence-corrected chi connectivity index (χ4v) is 6.59. The minimum Gasteiger partial charge on any atom is -0.324 e. The number of fused-ring (bicyclic) bond motifs is 3. The quantitative estimate of drug-likeness (QED) is 0.199. The van der Waals surface area contributed by atoms with Crippen LogP contribution in [0.2, 0.25) is 5.02 Å². The van der Waals surface area contributed by atoms with Crippen molar-refractivity contribution in [3.63, 3.8) is 0 Å². The highest BCUT2D eigenvalue weighted by molar-refractivity contribution is 7.99. The van der Waals surface area contributed by atoms with Crippen molar-refractivity contribution in [1.82, 2.24) is 9.55 Å². The SMILES string of the molecule is N#Cc1ccc(Cl)cc1NC(=O)CSc1nc2sc3c(c2c(=O)n1-c1ccccc1)CCCCC3. The van der Waals surface area contributed by atoms with Crippen molar-refractivity contribution in [2.75, 3.05) is 11.1 Å². The molecule has 5 rings (SSSR count). The normalized spacial score (nSPS) is 13.1. The van der Waals surface area contributed by atoms with E-state index in [4.69, 9.17) is 16.6 Å². The summed E-state index contributed by atoms with van der Waals surface area (Å²) in [5.41, 5.74) is 2.45. The van der Waals surface area contributed by atoms with Crippen LogP contribution in [0.15, 0.2) is 58.5 Å². The number of thiophene rings is 1. The first-order valence-corrected chi connectivity index (χ1v) is 13.5. The van der Waals surface area contributed by atoms with Gasteiger partial charge in [-0.15, -0.1) is 11.3 Å². The molecule has 0 radical (unpaired) electrons. The number of hydrogen-bond donors (Lipinski definition) is 1. The number of amides is 1. The van der Waals surface area contributed by atoms with E-state index in [1.54, 1.807) is 34.1 Å². The minimum absolute atomic E-state index is 0.0211. The van der Waals surface area contributed by atoms with E-state index < -0.39 is 0 Å². The highest BCUT2D eigenvalue weighted by Gasteiger charge is 2.22. The van der Waals surface area contributed by atoms with Crippen molar-refractivity contribution in [1.29, 1.82) is 5.26 Å². The van der Waals surface area contributed by atoms with Crippen LogP contribution in [0, 0.1) is 11.3 Å². The first-order valence-electron chi connectivity index (χ1n) is 11.3. The molecule has 0 unspecified atom stereocenters. The Hall–Kier alpha value is -3.12. The molecule has 0 bridgehead atoms. The zero-order chi connectivity index (χ0) is 24.4. The van der Waals surface area contributed by atoms with Gasteiger partial charge in [-0.3, -0.25) is 14.2 Å². The Balaban J connectivity index is 1.51. The van der Waals surface area contributed by atoms with E-state index in [1.807, 2.05) is 30.3 Å². The largest absolute Gasteiger partial charge is 0.324 e. The van der Waals surface area contributed by atoms with Gasteiger partial charge in [-0.1, -0.05) is 48.0 Å². The summed E-state index contributed by atoms with van der Waals surface area (Å²) in [5.74, 6) is -0.294. The van der Waals surface area contributed by atoms with Crippen LogP contribution in [0.4, 0.5) is 5.69 Å². The predicted octanol–water partition coefficient (Wildman–Crippen LogP) is 5.97. The smallest absolute Gasteiger partial charge is 0.267 e. The number of rotatable bonds is 5. The molecule has 1 aliphatic rings. The van der Waals surface area contributed by atoms with Crippen LogP contribution in [0.5, 0.6) is 0 Å². The number of nitriles is 1. The van der Waals surface area contributed by atoms with Crippen LogP contribution in [0.25, 0.3) is 15.9 Å². The summed E-state index contributed by atoms with van der Waals surface area (Å²) in [7, 11) is 0. The number of aryl methyl sites for hydroxylation is 2. The monoisotopic (exact) mass is 520 g/mol. The Bertz CT molecular complexity index is 1520. The number of benzene rings is 2. The standard InChI is InChI=1S/C26H21ClN4O2S2/c27-17-12-11-16(14-28)20(13-17)29-22(32)15-34-26-30-24-23(19-9-5-2-6-10-21(19)35-24)25(33)31(26)18-7-3-1-4-8-18/h1,3-4,7-8,11-13H,2,5-6,9-10,15H2,(H,29,32). The maximum atomic E-state index is 13.8. The molecule has 0 saturated carbocycles. The fraction of sp³-hybridized carbons (Fsp3) is 0.231. The third-order valence-corrected chi connectivity index (χ3v) is 8.29. The summed E-state index contributed by atoms with van der Waals surface area (Å²) < 4.78 is 1.61. The van der Waals surface area contributed by atoms with E-state index in [0.717, 1.165) is 36.1 Å². The Morgan fingerprint density at radius 3 is 2.77 bits per heavy atom. The molecule has 0 spiro atoms. The summed E-state index contributed by atoms with van der Waals surface area (Å²) in [6.07, 6.45) is 5.26. The second kappa shape index (κ2) is 10.2. The fourth-order valence-electron chi connectivity index (χ4n) is 4.30. The van der Waals surface area contributed by atoms with Crippen LogP contribution >= 0.6 is 34.7 Å². The molecule has 0 saturated heterocycles. The van der Waals surface area contributed by atoms with Crippen LogP contribution in [0.1, 0.15) is 35.3 Å². The zero-order valence-electron chi connectivity index (χ0n) is 18.7. The van der Waals surface area contributed by atoms with E-state index in [-0.39, 0.29) is 17.2 Å². The molecular formula is C26H21ClN4O2S2. The Kier molecular flexibility index (Phi) is 6.91. The Morgan fingerprint density at radius 2 is 1.97 bits per heavy atom. The van der Waals surface area contributed by atoms with Crippen molar-refractivity contribution in [3.05, 3.63) is 79.9 Å². The maximum Gasteiger partial charge on any atom is 0.267 e. The predicted molar refractivity (Wildman–Crippen MR) is 142 cm³/mol. The number of nitrogens with one attached hydrogen (secondary N) is 1. The van der Waals surface area contributed by atoms with Crippen LogP contribution in [-0.4, -0.2) is 21.2 Å². The minimum atomic E-state index is -0.315. The number of nitrogens with zero attached hydrogens (tertiary/aromatic N) is 3. The molecule has 2 aromatic carbocycles. The molecule has 1 aliphatic carbocycles. The second-order valence-corrected chi connectivity index (χ2v) is 10.7. The number of thioether (sulfide) groups is 1. The van der Waals surface area contributed by atoms with E-state index in [9.17, 15) is 14.9 Å². The van der Waals surface area contributed by atoms with E-state index in [2.05, 4.69) is 11.4 Å². The molecule has 2 heterocycles. The zero-order valence-corrected chi connectivity index (χ0v) is 21.1. The van der Waals surface area contributed by atoms with E-state index >= 15 is 0 Å². The highest BCUT2D eigenvalue weighted by atomic mass is 35.5. The van der Waals surface area contributed by atoms with Gasteiger partial charge in [0.15, 0.2) is 5.16 Å². The molecule has 176 valence electrons. The van der Waals surface area contributed by atoms with Crippen LogP contribution < -0.4 is 10.9 Å². The maximum absolute atomic E-state index is 13.8. The van der Waals surface area contributed by atoms with Crippen LogP contribution in [0.3, 0.4) is 0 Å². The van der Waals surface area contributed by atoms with Crippen molar-refractivity contribution >= 4 is 56.5 Å². The molecule has 1 amide bonds. The number of anilines is 1. The highest BCUT2D eigenvalue weighted by Crippen LogP contribution is 2.34. The Morgan fingerprint density at radius 1 is 1.17 bits per heavy atom. The Labute approximate surface area is 215 Å². The van der Waals surface area contributed by atoms with Crippen molar-refractivity contribution in [2.24, 2.45) is 0 Å². The third-order valence-electron chi connectivity index (χ3n) is 5.93. The van der Waals surface area contributed by atoms with Gasteiger partial charge in [0.1, 0.15) is 10.9 Å². The molecule has 4 aromatic rings. The molecule has 0 fully saturated rings. The number of carbonyl (C=O) groups is 1. The number of hydrogen-bond acceptors (Lipinski definition) is 6. The summed E-state index contributed by atoms with van der Waals surface area (Å²) in [6, 6.07) is 16.2. The lowest BCUT2D eigenvalue weighted by Crippen LogP contribution is -2.23. The van der Waals surface area contributed by atoms with Gasteiger partial charge in [0.25, 0.3) is 5.56 Å². The molecule has 1 N–H and O–H groups in total. The summed E-state index contributed by atoms with van der Waals surface area (Å²) in [4.78, 5) is 33.4. The van der Waals surface area contributed by atoms with Gasteiger partial charge >= 0.3 is 0 Å². The van der Waals surface area contributed by atoms with Gasteiger partial charge < -0.3 is 5.32 Å². The average Bonchev–Trinajstić information content (AvgIpc) is 3.04. The van der Waals surface area contributed by atoms with Gasteiger partial charge in [-0.05, 0) is 61.6 Å². The average molecular weight is 521 g/mol.